The second-order valence-corrected chi connectivity index (χ2v) is 9.97. The predicted octanol–water partition coefficient (Wildman–Crippen LogP) is 4.34. The van der Waals surface area contributed by atoms with Gasteiger partial charge >= 0.3 is 5.97 Å². The number of ether oxygens (including phenoxy) is 1. The topological polar surface area (TPSA) is 87.7 Å². The van der Waals surface area contributed by atoms with Gasteiger partial charge in [-0.15, -0.1) is 0 Å². The summed E-state index contributed by atoms with van der Waals surface area (Å²) < 4.78 is 33.8. The summed E-state index contributed by atoms with van der Waals surface area (Å²) in [5.74, 6) is -0.423. The van der Waals surface area contributed by atoms with Crippen molar-refractivity contribution in [2.75, 3.05) is 18.4 Å². The molecule has 34 heavy (non-hydrogen) atoms. The summed E-state index contributed by atoms with van der Waals surface area (Å²) in [6, 6.07) is 18.9. The number of sulfonamides is 1. The summed E-state index contributed by atoms with van der Waals surface area (Å²) >= 11 is 5.41. The third kappa shape index (κ3) is 4.62. The van der Waals surface area contributed by atoms with E-state index in [1.165, 1.54) is 0 Å². The standard InChI is InChI=1S/C25H25N3O4S2/c1-4-32-24(29)22-16(2)28(3)25(33)26-23(22)18-9-12-20(13-10-18)27-34(30,31)21-14-11-17-7-5-6-8-19(17)15-21/h5-15,23,27H,4H2,1-3H3,(H,26,33). The number of nitrogens with zero attached hydrogens (tertiary/aromatic N) is 1. The van der Waals surface area contributed by atoms with Crippen molar-refractivity contribution in [1.29, 1.82) is 0 Å². The fourth-order valence-corrected chi connectivity index (χ4v) is 5.20. The molecule has 3 aromatic rings. The van der Waals surface area contributed by atoms with Crippen LogP contribution in [0.25, 0.3) is 10.8 Å². The maximum atomic E-state index is 13.0. The average Bonchev–Trinajstić information content (AvgIpc) is 2.82. The third-order valence-electron chi connectivity index (χ3n) is 5.78. The lowest BCUT2D eigenvalue weighted by molar-refractivity contribution is -0.139. The summed E-state index contributed by atoms with van der Waals surface area (Å²) in [7, 11) is -1.99. The molecule has 2 N–H and O–H groups in total. The van der Waals surface area contributed by atoms with Crippen molar-refractivity contribution in [3.8, 4) is 0 Å². The molecule has 0 saturated heterocycles. The first-order valence-corrected chi connectivity index (χ1v) is 12.6. The SMILES string of the molecule is CCOC(=O)C1=C(C)N(C)C(=S)NC1c1ccc(NS(=O)(=O)c2ccc3ccccc3c2)cc1. The van der Waals surface area contributed by atoms with Crippen LogP contribution in [0.4, 0.5) is 5.69 Å². The number of thiocarbonyl (C=S) groups is 1. The Bertz CT molecular complexity index is 1400. The van der Waals surface area contributed by atoms with Gasteiger partial charge in [-0.05, 0) is 66.7 Å². The van der Waals surface area contributed by atoms with E-state index in [1.807, 2.05) is 31.2 Å². The van der Waals surface area contributed by atoms with Crippen molar-refractivity contribution in [2.45, 2.75) is 24.8 Å². The number of esters is 1. The maximum absolute atomic E-state index is 13.0. The summed E-state index contributed by atoms with van der Waals surface area (Å²) in [5, 5.41) is 5.47. The van der Waals surface area contributed by atoms with Gasteiger partial charge in [0.25, 0.3) is 10.0 Å². The van der Waals surface area contributed by atoms with Crippen LogP contribution >= 0.6 is 12.2 Å². The number of carbonyl (C=O) groups is 1. The number of anilines is 1. The Morgan fingerprint density at radius 3 is 2.44 bits per heavy atom. The largest absolute Gasteiger partial charge is 0.463 e. The van der Waals surface area contributed by atoms with E-state index >= 15 is 0 Å². The van der Waals surface area contributed by atoms with Gasteiger partial charge in [-0.3, -0.25) is 4.72 Å². The van der Waals surface area contributed by atoms with E-state index in [-0.39, 0.29) is 11.5 Å². The number of carbonyl (C=O) groups excluding carboxylic acids is 1. The Kier molecular flexibility index (Phi) is 6.58. The van der Waals surface area contributed by atoms with Crippen molar-refractivity contribution in [3.05, 3.63) is 83.6 Å². The van der Waals surface area contributed by atoms with Crippen molar-refractivity contribution in [3.63, 3.8) is 0 Å². The molecule has 3 aromatic carbocycles. The van der Waals surface area contributed by atoms with Crippen molar-refractivity contribution in [1.82, 2.24) is 10.2 Å². The molecule has 0 amide bonds. The molecular formula is C25H25N3O4S2. The van der Waals surface area contributed by atoms with Crippen LogP contribution in [0, 0.1) is 0 Å². The molecule has 1 atom stereocenters. The molecule has 9 heteroatoms. The van der Waals surface area contributed by atoms with E-state index in [4.69, 9.17) is 17.0 Å². The van der Waals surface area contributed by atoms with Gasteiger partial charge in [0, 0.05) is 18.4 Å². The summed E-state index contributed by atoms with van der Waals surface area (Å²) in [5.41, 5.74) is 2.33. The molecule has 1 aliphatic rings. The summed E-state index contributed by atoms with van der Waals surface area (Å²) in [6.45, 7) is 3.83. The number of hydrogen-bond acceptors (Lipinski definition) is 5. The monoisotopic (exact) mass is 495 g/mol. The lowest BCUT2D eigenvalue weighted by Gasteiger charge is -2.35. The first-order valence-electron chi connectivity index (χ1n) is 10.7. The first kappa shape index (κ1) is 23.7. The summed E-state index contributed by atoms with van der Waals surface area (Å²) in [6.07, 6.45) is 0. The molecule has 0 fully saturated rings. The molecule has 4 rings (SSSR count). The van der Waals surface area contributed by atoms with E-state index in [1.54, 1.807) is 61.3 Å². The highest BCUT2D eigenvalue weighted by Gasteiger charge is 2.33. The van der Waals surface area contributed by atoms with Gasteiger partial charge in [0.1, 0.15) is 0 Å². The number of fused-ring (bicyclic) bond motifs is 1. The molecule has 0 radical (unpaired) electrons. The Balaban J connectivity index is 1.60. The zero-order valence-corrected chi connectivity index (χ0v) is 20.7. The van der Waals surface area contributed by atoms with Gasteiger partial charge in [0.05, 0.1) is 23.1 Å². The zero-order chi connectivity index (χ0) is 24.5. The van der Waals surface area contributed by atoms with Crippen molar-refractivity contribution < 1.29 is 17.9 Å². The minimum atomic E-state index is -3.78. The van der Waals surface area contributed by atoms with Gasteiger partial charge in [-0.1, -0.05) is 42.5 Å². The van der Waals surface area contributed by atoms with Crippen LogP contribution in [-0.4, -0.2) is 38.1 Å². The lowest BCUT2D eigenvalue weighted by Crippen LogP contribution is -2.46. The van der Waals surface area contributed by atoms with Crippen molar-refractivity contribution >= 4 is 49.8 Å². The molecule has 0 bridgehead atoms. The number of rotatable bonds is 6. The molecule has 176 valence electrons. The van der Waals surface area contributed by atoms with E-state index in [9.17, 15) is 13.2 Å². The maximum Gasteiger partial charge on any atom is 0.338 e. The Hall–Kier alpha value is -3.43. The molecular weight excluding hydrogens is 470 g/mol. The zero-order valence-electron chi connectivity index (χ0n) is 19.0. The Labute approximate surface area is 204 Å². The van der Waals surface area contributed by atoms with Crippen molar-refractivity contribution in [2.24, 2.45) is 0 Å². The molecule has 0 saturated carbocycles. The average molecular weight is 496 g/mol. The minimum Gasteiger partial charge on any atom is -0.463 e. The van der Waals surface area contributed by atoms with E-state index in [2.05, 4.69) is 10.0 Å². The first-order chi connectivity index (χ1) is 16.2. The van der Waals surface area contributed by atoms with Gasteiger partial charge < -0.3 is 15.0 Å². The number of hydrogen-bond donors (Lipinski definition) is 2. The molecule has 1 aliphatic heterocycles. The second kappa shape index (κ2) is 9.44. The lowest BCUT2D eigenvalue weighted by atomic mass is 9.95. The van der Waals surface area contributed by atoms with Crippen LogP contribution in [0.1, 0.15) is 25.5 Å². The normalized spacial score (nSPS) is 16.4. The number of allylic oxidation sites excluding steroid dienone is 1. The number of nitrogens with one attached hydrogen (secondary N) is 2. The van der Waals surface area contributed by atoms with Crippen LogP contribution < -0.4 is 10.0 Å². The van der Waals surface area contributed by atoms with Crippen LogP contribution in [0.2, 0.25) is 0 Å². The van der Waals surface area contributed by atoms with Gasteiger partial charge in [0.2, 0.25) is 0 Å². The molecule has 1 heterocycles. The van der Waals surface area contributed by atoms with Crippen LogP contribution in [0.3, 0.4) is 0 Å². The Morgan fingerprint density at radius 1 is 1.09 bits per heavy atom. The van der Waals surface area contributed by atoms with Gasteiger partial charge in [-0.25, -0.2) is 13.2 Å². The fraction of sp³-hybridized carbons (Fsp3) is 0.200. The van der Waals surface area contributed by atoms with E-state index < -0.39 is 22.0 Å². The third-order valence-corrected chi connectivity index (χ3v) is 7.55. The smallest absolute Gasteiger partial charge is 0.338 e. The van der Waals surface area contributed by atoms with E-state index in [0.29, 0.717) is 22.1 Å². The molecule has 7 nitrogen and oxygen atoms in total. The molecule has 0 aliphatic carbocycles. The highest BCUT2D eigenvalue weighted by atomic mass is 32.2. The number of benzene rings is 3. The quantitative estimate of drug-likeness (QED) is 0.389. The van der Waals surface area contributed by atoms with E-state index in [0.717, 1.165) is 16.3 Å². The highest BCUT2D eigenvalue weighted by Crippen LogP contribution is 2.31. The second-order valence-electron chi connectivity index (χ2n) is 7.90. The molecule has 0 aromatic heterocycles. The fourth-order valence-electron chi connectivity index (χ4n) is 3.85. The van der Waals surface area contributed by atoms with Crippen LogP contribution in [0.5, 0.6) is 0 Å². The van der Waals surface area contributed by atoms with Crippen LogP contribution in [0.15, 0.2) is 82.9 Å². The van der Waals surface area contributed by atoms with Gasteiger partial charge in [-0.2, -0.15) is 0 Å². The predicted molar refractivity (Wildman–Crippen MR) is 137 cm³/mol. The Morgan fingerprint density at radius 2 is 1.76 bits per heavy atom. The highest BCUT2D eigenvalue weighted by molar-refractivity contribution is 7.92. The molecule has 1 unspecified atom stereocenters. The van der Waals surface area contributed by atoms with Gasteiger partial charge in [0.15, 0.2) is 5.11 Å². The molecule has 0 spiro atoms. The summed E-state index contributed by atoms with van der Waals surface area (Å²) in [4.78, 5) is 14.6. The van der Waals surface area contributed by atoms with Crippen LogP contribution in [-0.2, 0) is 19.6 Å². The minimum absolute atomic E-state index is 0.181.